The highest BCUT2D eigenvalue weighted by Crippen LogP contribution is 2.21. The highest BCUT2D eigenvalue weighted by Gasteiger charge is 2.07. The van der Waals surface area contributed by atoms with Gasteiger partial charge in [0.05, 0.1) is 11.6 Å². The molecule has 0 radical (unpaired) electrons. The minimum absolute atomic E-state index is 0.104. The average Bonchev–Trinajstić information content (AvgIpc) is 2.41. The van der Waals surface area contributed by atoms with Crippen molar-refractivity contribution in [1.82, 2.24) is 15.0 Å². The minimum atomic E-state index is 0.104. The van der Waals surface area contributed by atoms with Crippen molar-refractivity contribution < 1.29 is 0 Å². The molecule has 2 N–H and O–H groups in total. The third-order valence-electron chi connectivity index (χ3n) is 2.56. The van der Waals surface area contributed by atoms with E-state index in [1.807, 2.05) is 19.9 Å². The van der Waals surface area contributed by atoms with Gasteiger partial charge in [-0.3, -0.25) is 0 Å². The quantitative estimate of drug-likeness (QED) is 0.899. The van der Waals surface area contributed by atoms with Gasteiger partial charge in [-0.15, -0.1) is 0 Å². The Morgan fingerprint density at radius 2 is 2.00 bits per heavy atom. The first-order valence-electron chi connectivity index (χ1n) is 6.05. The maximum absolute atomic E-state index is 8.93. The van der Waals surface area contributed by atoms with Gasteiger partial charge in [0.1, 0.15) is 0 Å². The summed E-state index contributed by atoms with van der Waals surface area (Å²) in [5.74, 6) is 0.739. The van der Waals surface area contributed by atoms with Crippen LogP contribution in [0.2, 0.25) is 5.28 Å². The minimum Gasteiger partial charge on any atom is -0.354 e. The number of aryl methyl sites for hydroxylation is 1. The largest absolute Gasteiger partial charge is 0.354 e. The van der Waals surface area contributed by atoms with E-state index in [1.54, 1.807) is 12.1 Å². The van der Waals surface area contributed by atoms with Crippen molar-refractivity contribution in [2.75, 3.05) is 17.2 Å². The molecule has 0 saturated heterocycles. The zero-order chi connectivity index (χ0) is 14.5. The molecule has 20 heavy (non-hydrogen) atoms. The van der Waals surface area contributed by atoms with Crippen LogP contribution in [0.4, 0.5) is 17.6 Å². The van der Waals surface area contributed by atoms with Gasteiger partial charge in [-0.1, -0.05) is 6.07 Å². The van der Waals surface area contributed by atoms with Gasteiger partial charge in [-0.05, 0) is 43.1 Å². The lowest BCUT2D eigenvalue weighted by Gasteiger charge is -2.09. The number of aromatic nitrogens is 3. The van der Waals surface area contributed by atoms with Crippen molar-refractivity contribution in [2.24, 2.45) is 0 Å². The van der Waals surface area contributed by atoms with Crippen LogP contribution in [-0.2, 0) is 0 Å². The number of nitriles is 1. The van der Waals surface area contributed by atoms with Crippen molar-refractivity contribution in [3.8, 4) is 6.07 Å². The average molecular weight is 289 g/mol. The van der Waals surface area contributed by atoms with Crippen molar-refractivity contribution in [2.45, 2.75) is 13.8 Å². The highest BCUT2D eigenvalue weighted by atomic mass is 35.5. The van der Waals surface area contributed by atoms with Crippen LogP contribution in [0.15, 0.2) is 18.2 Å². The first-order chi connectivity index (χ1) is 9.62. The molecule has 0 aliphatic carbocycles. The van der Waals surface area contributed by atoms with Gasteiger partial charge in [0.15, 0.2) is 0 Å². The van der Waals surface area contributed by atoms with E-state index >= 15 is 0 Å². The van der Waals surface area contributed by atoms with Crippen LogP contribution in [-0.4, -0.2) is 21.5 Å². The fraction of sp³-hybridized carbons (Fsp3) is 0.231. The second kappa shape index (κ2) is 6.17. The van der Waals surface area contributed by atoms with Gasteiger partial charge in [-0.25, -0.2) is 0 Å². The predicted octanol–water partition coefficient (Wildman–Crippen LogP) is 2.88. The van der Waals surface area contributed by atoms with Crippen LogP contribution in [0.25, 0.3) is 0 Å². The smallest absolute Gasteiger partial charge is 0.233 e. The predicted molar refractivity (Wildman–Crippen MR) is 78.2 cm³/mol. The lowest BCUT2D eigenvalue weighted by Crippen LogP contribution is -2.07. The SMILES string of the molecule is CCNc1nc(Cl)nc(Nc2cc(C#N)ccc2C)n1. The molecule has 2 rings (SSSR count). The number of hydrogen-bond acceptors (Lipinski definition) is 6. The van der Waals surface area contributed by atoms with Gasteiger partial charge in [0.2, 0.25) is 17.2 Å². The van der Waals surface area contributed by atoms with Gasteiger partial charge >= 0.3 is 0 Å². The molecule has 7 heteroatoms. The van der Waals surface area contributed by atoms with Gasteiger partial charge in [0.25, 0.3) is 0 Å². The van der Waals surface area contributed by atoms with E-state index in [4.69, 9.17) is 16.9 Å². The lowest BCUT2D eigenvalue weighted by molar-refractivity contribution is 1.02. The summed E-state index contributed by atoms with van der Waals surface area (Å²) in [4.78, 5) is 12.2. The Bertz CT molecular complexity index is 664. The van der Waals surface area contributed by atoms with Gasteiger partial charge in [-0.2, -0.15) is 20.2 Å². The molecule has 1 heterocycles. The van der Waals surface area contributed by atoms with Crippen LogP contribution >= 0.6 is 11.6 Å². The maximum atomic E-state index is 8.93. The molecule has 0 unspecified atom stereocenters. The Labute approximate surface area is 121 Å². The molecule has 0 atom stereocenters. The van der Waals surface area contributed by atoms with E-state index in [-0.39, 0.29) is 5.28 Å². The van der Waals surface area contributed by atoms with Crippen LogP contribution in [0.1, 0.15) is 18.1 Å². The first-order valence-corrected chi connectivity index (χ1v) is 6.43. The zero-order valence-corrected chi connectivity index (χ0v) is 11.9. The molecule has 0 aliphatic rings. The Morgan fingerprint density at radius 3 is 2.70 bits per heavy atom. The number of rotatable bonds is 4. The van der Waals surface area contributed by atoms with Crippen molar-refractivity contribution in [3.63, 3.8) is 0 Å². The monoisotopic (exact) mass is 288 g/mol. The molecule has 0 saturated carbocycles. The second-order valence-corrected chi connectivity index (χ2v) is 4.39. The van der Waals surface area contributed by atoms with Crippen molar-refractivity contribution >= 4 is 29.2 Å². The third kappa shape index (κ3) is 3.33. The molecule has 0 fully saturated rings. The molecule has 1 aromatic carbocycles. The van der Waals surface area contributed by atoms with E-state index in [0.29, 0.717) is 24.0 Å². The molecule has 0 amide bonds. The molecule has 0 aliphatic heterocycles. The number of hydrogen-bond donors (Lipinski definition) is 2. The second-order valence-electron chi connectivity index (χ2n) is 4.05. The summed E-state index contributed by atoms with van der Waals surface area (Å²) in [5, 5.41) is 15.1. The zero-order valence-electron chi connectivity index (χ0n) is 11.1. The molecular weight excluding hydrogens is 276 g/mol. The molecule has 0 spiro atoms. The summed E-state index contributed by atoms with van der Waals surface area (Å²) < 4.78 is 0. The lowest BCUT2D eigenvalue weighted by atomic mass is 10.1. The van der Waals surface area contributed by atoms with Crippen LogP contribution in [0.5, 0.6) is 0 Å². The van der Waals surface area contributed by atoms with E-state index < -0.39 is 0 Å². The van der Waals surface area contributed by atoms with E-state index in [2.05, 4.69) is 31.7 Å². The maximum Gasteiger partial charge on any atom is 0.233 e. The van der Waals surface area contributed by atoms with Crippen LogP contribution in [0.3, 0.4) is 0 Å². The number of halogens is 1. The van der Waals surface area contributed by atoms with Crippen LogP contribution < -0.4 is 10.6 Å². The van der Waals surface area contributed by atoms with E-state index in [1.165, 1.54) is 0 Å². The molecule has 1 aromatic heterocycles. The molecule has 102 valence electrons. The normalized spacial score (nSPS) is 9.90. The van der Waals surface area contributed by atoms with Crippen LogP contribution in [0, 0.1) is 18.3 Å². The van der Waals surface area contributed by atoms with E-state index in [9.17, 15) is 0 Å². The fourth-order valence-corrected chi connectivity index (χ4v) is 1.75. The Balaban J connectivity index is 2.32. The summed E-state index contributed by atoms with van der Waals surface area (Å²) >= 11 is 5.86. The summed E-state index contributed by atoms with van der Waals surface area (Å²) in [6.45, 7) is 4.55. The molecule has 0 bridgehead atoms. The summed E-state index contributed by atoms with van der Waals surface area (Å²) in [6.07, 6.45) is 0. The summed E-state index contributed by atoms with van der Waals surface area (Å²) in [5.41, 5.74) is 2.30. The molecule has 6 nitrogen and oxygen atoms in total. The van der Waals surface area contributed by atoms with Gasteiger partial charge in [0, 0.05) is 12.2 Å². The first kappa shape index (κ1) is 14.0. The van der Waals surface area contributed by atoms with Crippen molar-refractivity contribution in [3.05, 3.63) is 34.6 Å². The molecular formula is C13H13ClN6. The topological polar surface area (TPSA) is 86.5 Å². The summed E-state index contributed by atoms with van der Waals surface area (Å²) in [7, 11) is 0. The Morgan fingerprint density at radius 1 is 1.25 bits per heavy atom. The summed E-state index contributed by atoms with van der Waals surface area (Å²) in [6, 6.07) is 7.44. The third-order valence-corrected chi connectivity index (χ3v) is 2.73. The Hall–Kier alpha value is -2.39. The van der Waals surface area contributed by atoms with Crippen molar-refractivity contribution in [1.29, 1.82) is 5.26 Å². The molecule has 2 aromatic rings. The Kier molecular flexibility index (Phi) is 4.33. The van der Waals surface area contributed by atoms with E-state index in [0.717, 1.165) is 11.3 Å². The number of anilines is 3. The number of benzene rings is 1. The standard InChI is InChI=1S/C13H13ClN6/c1-3-16-12-18-11(14)19-13(20-12)17-10-6-9(7-15)5-4-8(10)2/h4-6H,3H2,1-2H3,(H2,16,17,18,19,20). The highest BCUT2D eigenvalue weighted by molar-refractivity contribution is 6.28. The number of nitrogens with one attached hydrogen (secondary N) is 2. The van der Waals surface area contributed by atoms with Gasteiger partial charge < -0.3 is 10.6 Å². The number of nitrogens with zero attached hydrogens (tertiary/aromatic N) is 4. The fourth-order valence-electron chi connectivity index (χ4n) is 1.59.